The monoisotopic (exact) mass is 275 g/mol. The Labute approximate surface area is 118 Å². The second-order valence-electron chi connectivity index (χ2n) is 5.39. The van der Waals surface area contributed by atoms with Crippen molar-refractivity contribution in [2.24, 2.45) is 0 Å². The smallest absolute Gasteiger partial charge is 0.270 e. The maximum absolute atomic E-state index is 12.2. The van der Waals surface area contributed by atoms with Crippen LogP contribution in [0.15, 0.2) is 24.4 Å². The highest BCUT2D eigenvalue weighted by Crippen LogP contribution is 2.15. The molecule has 0 saturated carbocycles. The number of unbranched alkanes of at least 4 members (excludes halogenated alkanes) is 1. The van der Waals surface area contributed by atoms with Crippen LogP contribution >= 0.6 is 0 Å². The number of hydrogen-bond acceptors (Lipinski definition) is 3. The van der Waals surface area contributed by atoms with Gasteiger partial charge < -0.3 is 15.4 Å². The lowest BCUT2D eigenvalue weighted by Gasteiger charge is -2.28. The van der Waals surface area contributed by atoms with Gasteiger partial charge in [0.1, 0.15) is 11.3 Å². The molecule has 5 heteroatoms. The van der Waals surface area contributed by atoms with Crippen LogP contribution in [0.25, 0.3) is 11.0 Å². The molecule has 3 N–H and O–H groups in total. The average Bonchev–Trinajstić information content (AvgIpc) is 2.92. The Hall–Kier alpha value is -1.88. The number of amides is 1. The number of fused-ring (bicyclic) bond motifs is 1. The molecule has 0 bridgehead atoms. The van der Waals surface area contributed by atoms with Gasteiger partial charge in [-0.2, -0.15) is 0 Å². The summed E-state index contributed by atoms with van der Waals surface area (Å²) < 4.78 is 0. The maximum Gasteiger partial charge on any atom is 0.270 e. The summed E-state index contributed by atoms with van der Waals surface area (Å²) in [6, 6.07) is 5.46. The van der Waals surface area contributed by atoms with Gasteiger partial charge in [-0.3, -0.25) is 4.79 Å². The predicted molar refractivity (Wildman–Crippen MR) is 78.6 cm³/mol. The number of carbonyl (C=O) groups excluding carboxylic acids is 1. The first-order chi connectivity index (χ1) is 9.58. The zero-order valence-electron chi connectivity index (χ0n) is 11.9. The molecule has 5 nitrogen and oxygen atoms in total. The Morgan fingerprint density at radius 1 is 1.45 bits per heavy atom. The molecule has 0 aromatic carbocycles. The lowest BCUT2D eigenvalue weighted by Crippen LogP contribution is -2.49. The third-order valence-electron chi connectivity index (χ3n) is 3.49. The number of H-pyrrole nitrogens is 1. The first kappa shape index (κ1) is 14.5. The normalized spacial score (nSPS) is 14.2. The summed E-state index contributed by atoms with van der Waals surface area (Å²) in [5.74, 6) is -0.255. The molecule has 0 spiro atoms. The molecule has 0 aliphatic carbocycles. The second kappa shape index (κ2) is 6.05. The van der Waals surface area contributed by atoms with Crippen LogP contribution in [0.1, 0.15) is 43.6 Å². The van der Waals surface area contributed by atoms with E-state index in [-0.39, 0.29) is 12.5 Å². The molecule has 0 aliphatic rings. The van der Waals surface area contributed by atoms with Crippen LogP contribution in [0.4, 0.5) is 0 Å². The number of rotatable bonds is 6. The number of nitrogens with zero attached hydrogens (tertiary/aromatic N) is 1. The zero-order valence-corrected chi connectivity index (χ0v) is 11.9. The van der Waals surface area contributed by atoms with E-state index in [9.17, 15) is 9.90 Å². The molecule has 1 atom stereocenters. The molecular formula is C15H21N3O2. The Balaban J connectivity index is 2.13. The van der Waals surface area contributed by atoms with Crippen LogP contribution < -0.4 is 5.32 Å². The fourth-order valence-electron chi connectivity index (χ4n) is 2.14. The van der Waals surface area contributed by atoms with Gasteiger partial charge in [0.15, 0.2) is 0 Å². The minimum atomic E-state index is -0.598. The summed E-state index contributed by atoms with van der Waals surface area (Å²) in [7, 11) is 0. The van der Waals surface area contributed by atoms with E-state index in [4.69, 9.17) is 0 Å². The Morgan fingerprint density at radius 2 is 2.25 bits per heavy atom. The maximum atomic E-state index is 12.2. The van der Waals surface area contributed by atoms with Crippen LogP contribution in [0.2, 0.25) is 0 Å². The summed E-state index contributed by atoms with van der Waals surface area (Å²) in [6.07, 6.45) is 4.52. The van der Waals surface area contributed by atoms with E-state index in [2.05, 4.69) is 22.2 Å². The Morgan fingerprint density at radius 3 is 2.95 bits per heavy atom. The minimum Gasteiger partial charge on any atom is -0.394 e. The number of aliphatic hydroxyl groups is 1. The molecule has 0 saturated heterocycles. The quantitative estimate of drug-likeness (QED) is 0.756. The van der Waals surface area contributed by atoms with Crippen molar-refractivity contribution in [2.45, 2.75) is 38.6 Å². The van der Waals surface area contributed by atoms with Crippen molar-refractivity contribution in [3.8, 4) is 0 Å². The van der Waals surface area contributed by atoms with Crippen LogP contribution in [0.3, 0.4) is 0 Å². The fourth-order valence-corrected chi connectivity index (χ4v) is 2.14. The van der Waals surface area contributed by atoms with Gasteiger partial charge in [-0.15, -0.1) is 0 Å². The first-order valence-corrected chi connectivity index (χ1v) is 6.95. The number of carbonyl (C=O) groups is 1. The van der Waals surface area contributed by atoms with Gasteiger partial charge in [-0.1, -0.05) is 19.8 Å². The molecule has 1 unspecified atom stereocenters. The Bertz CT molecular complexity index is 594. The average molecular weight is 275 g/mol. The molecule has 2 aromatic heterocycles. The van der Waals surface area contributed by atoms with E-state index < -0.39 is 5.54 Å². The number of aromatic amines is 1. The van der Waals surface area contributed by atoms with Gasteiger partial charge in [0, 0.05) is 11.6 Å². The Kier molecular flexibility index (Phi) is 4.39. The van der Waals surface area contributed by atoms with Crippen molar-refractivity contribution in [1.29, 1.82) is 0 Å². The van der Waals surface area contributed by atoms with E-state index >= 15 is 0 Å². The lowest BCUT2D eigenvalue weighted by molar-refractivity contribution is 0.0834. The number of nitrogens with one attached hydrogen (secondary N) is 2. The number of aromatic nitrogens is 2. The molecule has 0 aliphatic heterocycles. The molecule has 0 fully saturated rings. The highest BCUT2D eigenvalue weighted by molar-refractivity contribution is 5.94. The molecule has 2 heterocycles. The van der Waals surface area contributed by atoms with E-state index in [1.807, 2.05) is 19.1 Å². The fraction of sp³-hybridized carbons (Fsp3) is 0.467. The molecule has 108 valence electrons. The molecule has 2 rings (SSSR count). The largest absolute Gasteiger partial charge is 0.394 e. The van der Waals surface area contributed by atoms with Crippen LogP contribution in [-0.2, 0) is 0 Å². The SMILES string of the molecule is CCCCC(C)(CO)NC(=O)c1ccc2cc[nH]c2n1. The summed E-state index contributed by atoms with van der Waals surface area (Å²) >= 11 is 0. The number of hydrogen-bond donors (Lipinski definition) is 3. The molecule has 20 heavy (non-hydrogen) atoms. The van der Waals surface area contributed by atoms with Gasteiger partial charge in [0.25, 0.3) is 5.91 Å². The van der Waals surface area contributed by atoms with Gasteiger partial charge in [0.2, 0.25) is 0 Å². The van der Waals surface area contributed by atoms with Crippen molar-refractivity contribution in [1.82, 2.24) is 15.3 Å². The molecule has 2 aromatic rings. The van der Waals surface area contributed by atoms with Gasteiger partial charge in [-0.05, 0) is 31.5 Å². The van der Waals surface area contributed by atoms with Crippen molar-refractivity contribution in [2.75, 3.05) is 6.61 Å². The number of aliphatic hydroxyl groups excluding tert-OH is 1. The van der Waals surface area contributed by atoms with Gasteiger partial charge >= 0.3 is 0 Å². The van der Waals surface area contributed by atoms with E-state index in [0.717, 1.165) is 24.6 Å². The summed E-state index contributed by atoms with van der Waals surface area (Å²) in [5.41, 5.74) is 0.451. The van der Waals surface area contributed by atoms with E-state index in [0.29, 0.717) is 11.3 Å². The summed E-state index contributed by atoms with van der Waals surface area (Å²) in [6.45, 7) is 3.86. The molecular weight excluding hydrogens is 254 g/mol. The highest BCUT2D eigenvalue weighted by Gasteiger charge is 2.25. The summed E-state index contributed by atoms with van der Waals surface area (Å²) in [5, 5.41) is 13.4. The topological polar surface area (TPSA) is 78.0 Å². The molecule has 0 radical (unpaired) electrons. The van der Waals surface area contributed by atoms with E-state index in [1.54, 1.807) is 12.3 Å². The predicted octanol–water partition coefficient (Wildman–Crippen LogP) is 2.23. The summed E-state index contributed by atoms with van der Waals surface area (Å²) in [4.78, 5) is 19.5. The lowest BCUT2D eigenvalue weighted by atomic mass is 9.95. The standard InChI is InChI=1S/C15H21N3O2/c1-3-4-8-15(2,10-19)18-14(20)12-6-5-11-7-9-16-13(11)17-12/h5-7,9,19H,3-4,8,10H2,1-2H3,(H,16,17)(H,18,20). The minimum absolute atomic E-state index is 0.0799. The third-order valence-corrected chi connectivity index (χ3v) is 3.49. The van der Waals surface area contributed by atoms with Crippen molar-refractivity contribution >= 4 is 16.9 Å². The number of pyridine rings is 1. The van der Waals surface area contributed by atoms with Gasteiger partial charge in [-0.25, -0.2) is 4.98 Å². The van der Waals surface area contributed by atoms with Crippen molar-refractivity contribution < 1.29 is 9.90 Å². The van der Waals surface area contributed by atoms with Crippen LogP contribution in [-0.4, -0.2) is 33.1 Å². The first-order valence-electron chi connectivity index (χ1n) is 6.95. The third kappa shape index (κ3) is 3.17. The zero-order chi connectivity index (χ0) is 14.6. The second-order valence-corrected chi connectivity index (χ2v) is 5.39. The van der Waals surface area contributed by atoms with Crippen LogP contribution in [0.5, 0.6) is 0 Å². The highest BCUT2D eigenvalue weighted by atomic mass is 16.3. The van der Waals surface area contributed by atoms with Gasteiger partial charge in [0.05, 0.1) is 12.1 Å². The van der Waals surface area contributed by atoms with E-state index in [1.165, 1.54) is 0 Å². The molecule has 1 amide bonds. The van der Waals surface area contributed by atoms with Crippen molar-refractivity contribution in [3.63, 3.8) is 0 Å². The van der Waals surface area contributed by atoms with Crippen molar-refractivity contribution in [3.05, 3.63) is 30.1 Å². The van der Waals surface area contributed by atoms with Crippen LogP contribution in [0, 0.1) is 0 Å².